The maximum atomic E-state index is 11.9. The number of aliphatic imine (C=N–C) groups is 1. The molecule has 1 aliphatic rings. The van der Waals surface area contributed by atoms with Crippen LogP contribution in [0.2, 0.25) is 0 Å². The molecule has 0 saturated carbocycles. The van der Waals surface area contributed by atoms with Gasteiger partial charge in [0.2, 0.25) is 5.91 Å². The molecule has 0 aliphatic carbocycles. The molecule has 1 atom stereocenters. The second-order valence-corrected chi connectivity index (χ2v) is 7.77. The normalized spacial score (nSPS) is 16.8. The van der Waals surface area contributed by atoms with Crippen molar-refractivity contribution in [1.82, 2.24) is 20.5 Å². The summed E-state index contributed by atoms with van der Waals surface area (Å²) >= 11 is 0. The van der Waals surface area contributed by atoms with Crippen LogP contribution in [0.1, 0.15) is 30.5 Å². The number of hydrogen-bond donors (Lipinski definition) is 3. The molecule has 7 nitrogen and oxygen atoms in total. The maximum absolute atomic E-state index is 11.9. The lowest BCUT2D eigenvalue weighted by Gasteiger charge is -2.24. The van der Waals surface area contributed by atoms with E-state index in [0.29, 0.717) is 12.5 Å². The van der Waals surface area contributed by atoms with Crippen molar-refractivity contribution in [3.05, 3.63) is 35.5 Å². The Morgan fingerprint density at radius 3 is 2.80 bits per heavy atom. The van der Waals surface area contributed by atoms with E-state index in [9.17, 15) is 4.79 Å². The first-order valence-corrected chi connectivity index (χ1v) is 10.4. The van der Waals surface area contributed by atoms with E-state index in [0.717, 1.165) is 37.9 Å². The Balaban J connectivity index is 0.00000320. The van der Waals surface area contributed by atoms with Crippen molar-refractivity contribution >= 4 is 46.7 Å². The molecule has 1 unspecified atom stereocenters. The number of halogens is 1. The molecule has 1 fully saturated rings. The number of rotatable bonds is 7. The summed E-state index contributed by atoms with van der Waals surface area (Å²) in [4.78, 5) is 21.4. The van der Waals surface area contributed by atoms with Gasteiger partial charge in [-0.1, -0.05) is 18.2 Å². The van der Waals surface area contributed by atoms with Crippen molar-refractivity contribution in [3.63, 3.8) is 0 Å². The Morgan fingerprint density at radius 1 is 1.27 bits per heavy atom. The lowest BCUT2D eigenvalue weighted by atomic mass is 10.1. The fourth-order valence-corrected chi connectivity index (χ4v) is 3.60. The highest BCUT2D eigenvalue weighted by Crippen LogP contribution is 2.21. The number of benzene rings is 1. The van der Waals surface area contributed by atoms with E-state index in [-0.39, 0.29) is 42.5 Å². The number of likely N-dealkylation sites (N-methyl/N-ethyl adjacent to an activating group) is 1. The zero-order valence-electron chi connectivity index (χ0n) is 18.2. The number of carbonyl (C=O) groups is 1. The van der Waals surface area contributed by atoms with E-state index >= 15 is 0 Å². The number of aryl methyl sites for hydroxylation is 1. The van der Waals surface area contributed by atoms with Crippen LogP contribution in [0.5, 0.6) is 0 Å². The summed E-state index contributed by atoms with van der Waals surface area (Å²) in [6.45, 7) is 4.49. The van der Waals surface area contributed by atoms with Gasteiger partial charge in [-0.3, -0.25) is 4.79 Å². The minimum absolute atomic E-state index is 0. The van der Waals surface area contributed by atoms with Crippen molar-refractivity contribution in [2.45, 2.75) is 38.7 Å². The minimum atomic E-state index is -0.0208. The van der Waals surface area contributed by atoms with E-state index in [1.807, 2.05) is 6.07 Å². The standard InChI is InChI=1S/C22H33N5O2.HI/c1-16-18(19-9-4-5-10-20(19)26-16)11-12-23-22(25-15-21(28)27(2)3)24-14-17-8-6-7-13-29-17;/h4-5,9-10,17,26H,6-8,11-15H2,1-3H3,(H2,23,24,25);1H. The van der Waals surface area contributed by atoms with Crippen molar-refractivity contribution in [3.8, 4) is 0 Å². The van der Waals surface area contributed by atoms with Crippen LogP contribution in [0.25, 0.3) is 10.9 Å². The summed E-state index contributed by atoms with van der Waals surface area (Å²) in [6, 6.07) is 8.37. The average molecular weight is 527 g/mol. The number of amides is 1. The number of H-pyrrole nitrogens is 1. The molecule has 2 heterocycles. The molecule has 3 rings (SSSR count). The Bertz CT molecular complexity index is 843. The minimum Gasteiger partial charge on any atom is -0.376 e. The van der Waals surface area contributed by atoms with Crippen molar-refractivity contribution in [1.29, 1.82) is 0 Å². The van der Waals surface area contributed by atoms with E-state index < -0.39 is 0 Å². The summed E-state index contributed by atoms with van der Waals surface area (Å²) in [6.07, 6.45) is 4.47. The number of aromatic nitrogens is 1. The summed E-state index contributed by atoms with van der Waals surface area (Å²) in [5, 5.41) is 7.99. The first-order valence-electron chi connectivity index (χ1n) is 10.4. The van der Waals surface area contributed by atoms with Crippen LogP contribution in [0.3, 0.4) is 0 Å². The van der Waals surface area contributed by atoms with Crippen LogP contribution in [-0.2, 0) is 16.0 Å². The molecule has 1 aromatic heterocycles. The van der Waals surface area contributed by atoms with Crippen LogP contribution in [0, 0.1) is 6.92 Å². The molecule has 1 amide bonds. The Kier molecular flexibility index (Phi) is 9.90. The fourth-order valence-electron chi connectivity index (χ4n) is 3.60. The maximum Gasteiger partial charge on any atom is 0.243 e. The highest BCUT2D eigenvalue weighted by molar-refractivity contribution is 14.0. The van der Waals surface area contributed by atoms with Gasteiger partial charge >= 0.3 is 0 Å². The Labute approximate surface area is 196 Å². The zero-order chi connectivity index (χ0) is 20.6. The Morgan fingerprint density at radius 2 is 2.07 bits per heavy atom. The number of ether oxygens (including phenoxy) is 1. The van der Waals surface area contributed by atoms with Gasteiger partial charge in [-0.05, 0) is 44.2 Å². The van der Waals surface area contributed by atoms with Crippen LogP contribution < -0.4 is 10.6 Å². The molecule has 1 aromatic carbocycles. The smallest absolute Gasteiger partial charge is 0.243 e. The predicted molar refractivity (Wildman–Crippen MR) is 133 cm³/mol. The van der Waals surface area contributed by atoms with Crippen molar-refractivity contribution in [2.75, 3.05) is 40.3 Å². The van der Waals surface area contributed by atoms with Gasteiger partial charge in [0, 0.05) is 50.4 Å². The van der Waals surface area contributed by atoms with Crippen molar-refractivity contribution < 1.29 is 9.53 Å². The molecule has 1 aliphatic heterocycles. The van der Waals surface area contributed by atoms with Crippen LogP contribution in [0.15, 0.2) is 29.3 Å². The molecule has 166 valence electrons. The number of para-hydroxylation sites is 1. The van der Waals surface area contributed by atoms with Gasteiger partial charge in [0.05, 0.1) is 6.10 Å². The van der Waals surface area contributed by atoms with Gasteiger partial charge < -0.3 is 25.3 Å². The monoisotopic (exact) mass is 527 g/mol. The molecule has 3 N–H and O–H groups in total. The molecule has 0 spiro atoms. The van der Waals surface area contributed by atoms with Gasteiger partial charge in [-0.25, -0.2) is 4.99 Å². The summed E-state index contributed by atoms with van der Waals surface area (Å²) in [5.41, 5.74) is 3.67. The molecule has 0 bridgehead atoms. The average Bonchev–Trinajstić information content (AvgIpc) is 3.05. The lowest BCUT2D eigenvalue weighted by molar-refractivity contribution is -0.127. The number of nitrogens with zero attached hydrogens (tertiary/aromatic N) is 2. The largest absolute Gasteiger partial charge is 0.376 e. The predicted octanol–water partition coefficient (Wildman–Crippen LogP) is 2.83. The second kappa shape index (κ2) is 12.1. The molecule has 1 saturated heterocycles. The SMILES string of the molecule is Cc1[nH]c2ccccc2c1CCNC(=NCC(=O)N(C)C)NCC1CCCCO1.I. The van der Waals surface area contributed by atoms with E-state index in [1.54, 1.807) is 19.0 Å². The highest BCUT2D eigenvalue weighted by atomic mass is 127. The lowest BCUT2D eigenvalue weighted by Crippen LogP contribution is -2.43. The van der Waals surface area contributed by atoms with E-state index in [2.05, 4.69) is 45.7 Å². The molecule has 0 radical (unpaired) electrons. The first-order chi connectivity index (χ1) is 14.0. The molecule has 8 heteroatoms. The Hall–Kier alpha value is -1.81. The molecular weight excluding hydrogens is 493 g/mol. The zero-order valence-corrected chi connectivity index (χ0v) is 20.5. The van der Waals surface area contributed by atoms with Crippen LogP contribution in [-0.4, -0.2) is 68.2 Å². The summed E-state index contributed by atoms with van der Waals surface area (Å²) in [7, 11) is 3.49. The number of aromatic amines is 1. The van der Waals surface area contributed by atoms with Gasteiger partial charge in [0.25, 0.3) is 0 Å². The van der Waals surface area contributed by atoms with Gasteiger partial charge in [-0.2, -0.15) is 0 Å². The van der Waals surface area contributed by atoms with E-state index in [4.69, 9.17) is 4.74 Å². The first kappa shape index (κ1) is 24.5. The number of carbonyl (C=O) groups excluding carboxylic acids is 1. The third-order valence-electron chi connectivity index (χ3n) is 5.34. The number of hydrogen-bond acceptors (Lipinski definition) is 3. The summed E-state index contributed by atoms with van der Waals surface area (Å²) in [5.74, 6) is 0.638. The highest BCUT2D eigenvalue weighted by Gasteiger charge is 2.15. The van der Waals surface area contributed by atoms with Gasteiger partial charge in [-0.15, -0.1) is 24.0 Å². The number of fused-ring (bicyclic) bond motifs is 1. The topological polar surface area (TPSA) is 81.8 Å². The summed E-state index contributed by atoms with van der Waals surface area (Å²) < 4.78 is 5.79. The fraction of sp³-hybridized carbons (Fsp3) is 0.545. The third kappa shape index (κ3) is 6.87. The van der Waals surface area contributed by atoms with Gasteiger partial charge in [0.1, 0.15) is 6.54 Å². The number of nitrogens with one attached hydrogen (secondary N) is 3. The van der Waals surface area contributed by atoms with Crippen LogP contribution >= 0.6 is 24.0 Å². The van der Waals surface area contributed by atoms with Crippen molar-refractivity contribution in [2.24, 2.45) is 4.99 Å². The molecule has 2 aromatic rings. The van der Waals surface area contributed by atoms with E-state index in [1.165, 1.54) is 23.1 Å². The van der Waals surface area contributed by atoms with Crippen LogP contribution in [0.4, 0.5) is 0 Å². The molecule has 30 heavy (non-hydrogen) atoms. The van der Waals surface area contributed by atoms with Gasteiger partial charge in [0.15, 0.2) is 5.96 Å². The molecular formula is C22H34IN5O2. The number of guanidine groups is 1. The third-order valence-corrected chi connectivity index (χ3v) is 5.34. The second-order valence-electron chi connectivity index (χ2n) is 7.77. The quantitative estimate of drug-likeness (QED) is 0.294.